The van der Waals surface area contributed by atoms with Crippen LogP contribution >= 0.6 is 0 Å². The summed E-state index contributed by atoms with van der Waals surface area (Å²) in [7, 11) is 0. The molecular weight excluding hydrogens is 248 g/mol. The Morgan fingerprint density at radius 1 is 1.05 bits per heavy atom. The van der Waals surface area contributed by atoms with Gasteiger partial charge in [0.1, 0.15) is 0 Å². The molecule has 2 aromatic carbocycles. The molecule has 0 aliphatic heterocycles. The second kappa shape index (κ2) is 6.87. The summed E-state index contributed by atoms with van der Waals surface area (Å²) >= 11 is 0. The van der Waals surface area contributed by atoms with Crippen LogP contribution in [0.15, 0.2) is 48.5 Å². The highest BCUT2D eigenvalue weighted by Gasteiger charge is 2.07. The van der Waals surface area contributed by atoms with Gasteiger partial charge in [-0.2, -0.15) is 0 Å². The Labute approximate surface area is 119 Å². The summed E-state index contributed by atoms with van der Waals surface area (Å²) in [5.74, 6) is -0.0184. The van der Waals surface area contributed by atoms with E-state index in [9.17, 15) is 4.79 Å². The zero-order valence-corrected chi connectivity index (χ0v) is 11.7. The monoisotopic (exact) mass is 268 g/mol. The van der Waals surface area contributed by atoms with Crippen molar-refractivity contribution in [1.82, 2.24) is 0 Å². The number of benzene rings is 2. The first-order valence-electron chi connectivity index (χ1n) is 6.88. The number of carbonyl (C=O) groups excluding carboxylic acids is 1. The quantitative estimate of drug-likeness (QED) is 0.876. The highest BCUT2D eigenvalue weighted by atomic mass is 16.1. The van der Waals surface area contributed by atoms with E-state index in [0.717, 1.165) is 23.2 Å². The minimum atomic E-state index is -0.0184. The maximum atomic E-state index is 12.1. The molecule has 3 N–H and O–H groups in total. The molecule has 0 radical (unpaired) electrons. The van der Waals surface area contributed by atoms with E-state index in [1.807, 2.05) is 48.5 Å². The molecule has 0 aliphatic rings. The first-order chi connectivity index (χ1) is 9.72. The Morgan fingerprint density at radius 3 is 2.30 bits per heavy atom. The molecule has 2 aromatic rings. The van der Waals surface area contributed by atoms with Crippen LogP contribution in [-0.4, -0.2) is 5.91 Å². The molecule has 0 spiro atoms. The Morgan fingerprint density at radius 2 is 1.70 bits per heavy atom. The molecular formula is C17H20N2O. The standard InChI is InChI=1S/C17H20N2O/c1-2-13-7-9-16(10-8-13)19-17(20)11-14-5-3-4-6-15(14)12-18/h3-10H,2,11-12,18H2,1H3,(H,19,20). The van der Waals surface area contributed by atoms with Gasteiger partial charge >= 0.3 is 0 Å². The minimum Gasteiger partial charge on any atom is -0.326 e. The molecule has 1 amide bonds. The van der Waals surface area contributed by atoms with E-state index in [4.69, 9.17) is 5.73 Å². The molecule has 0 saturated heterocycles. The van der Waals surface area contributed by atoms with Crippen LogP contribution in [0.2, 0.25) is 0 Å². The van der Waals surface area contributed by atoms with Crippen molar-refractivity contribution in [1.29, 1.82) is 0 Å². The van der Waals surface area contributed by atoms with E-state index in [1.54, 1.807) is 0 Å². The average molecular weight is 268 g/mol. The second-order valence-corrected chi connectivity index (χ2v) is 4.75. The number of amides is 1. The minimum absolute atomic E-state index is 0.0184. The molecule has 2 rings (SSSR count). The van der Waals surface area contributed by atoms with Crippen LogP contribution < -0.4 is 11.1 Å². The van der Waals surface area contributed by atoms with Gasteiger partial charge in [-0.1, -0.05) is 43.3 Å². The lowest BCUT2D eigenvalue weighted by atomic mass is 10.0. The molecule has 0 heterocycles. The smallest absolute Gasteiger partial charge is 0.228 e. The predicted octanol–water partition coefficient (Wildman–Crippen LogP) is 2.89. The second-order valence-electron chi connectivity index (χ2n) is 4.75. The zero-order valence-electron chi connectivity index (χ0n) is 11.7. The fourth-order valence-corrected chi connectivity index (χ4v) is 2.13. The first kappa shape index (κ1) is 14.3. The van der Waals surface area contributed by atoms with Crippen LogP contribution in [0.4, 0.5) is 5.69 Å². The molecule has 0 fully saturated rings. The van der Waals surface area contributed by atoms with Gasteiger partial charge in [0.15, 0.2) is 0 Å². The predicted molar refractivity (Wildman–Crippen MR) is 82.5 cm³/mol. The van der Waals surface area contributed by atoms with Gasteiger partial charge in [0, 0.05) is 12.2 Å². The molecule has 0 unspecified atom stereocenters. The fourth-order valence-electron chi connectivity index (χ4n) is 2.13. The number of carbonyl (C=O) groups is 1. The van der Waals surface area contributed by atoms with E-state index in [1.165, 1.54) is 5.56 Å². The van der Waals surface area contributed by atoms with Crippen LogP contribution in [0.1, 0.15) is 23.6 Å². The third-order valence-electron chi connectivity index (χ3n) is 3.34. The Bertz CT molecular complexity index is 576. The maximum Gasteiger partial charge on any atom is 0.228 e. The number of anilines is 1. The van der Waals surface area contributed by atoms with Crippen LogP contribution in [0, 0.1) is 0 Å². The van der Waals surface area contributed by atoms with E-state index >= 15 is 0 Å². The zero-order chi connectivity index (χ0) is 14.4. The highest BCUT2D eigenvalue weighted by molar-refractivity contribution is 5.92. The SMILES string of the molecule is CCc1ccc(NC(=O)Cc2ccccc2CN)cc1. The number of nitrogens with one attached hydrogen (secondary N) is 1. The van der Waals surface area contributed by atoms with E-state index in [-0.39, 0.29) is 5.91 Å². The normalized spacial score (nSPS) is 10.3. The van der Waals surface area contributed by atoms with Crippen molar-refractivity contribution >= 4 is 11.6 Å². The number of aryl methyl sites for hydroxylation is 1. The van der Waals surface area contributed by atoms with Gasteiger partial charge in [-0.25, -0.2) is 0 Å². The van der Waals surface area contributed by atoms with Crippen LogP contribution in [-0.2, 0) is 24.2 Å². The highest BCUT2D eigenvalue weighted by Crippen LogP contribution is 2.12. The van der Waals surface area contributed by atoms with Gasteiger partial charge in [-0.3, -0.25) is 4.79 Å². The number of nitrogens with two attached hydrogens (primary N) is 1. The molecule has 20 heavy (non-hydrogen) atoms. The van der Waals surface area contributed by atoms with Gasteiger partial charge in [0.05, 0.1) is 6.42 Å². The van der Waals surface area contributed by atoms with Crippen molar-refractivity contribution in [3.05, 3.63) is 65.2 Å². The molecule has 0 aromatic heterocycles. The van der Waals surface area contributed by atoms with Crippen molar-refractivity contribution in [2.75, 3.05) is 5.32 Å². The molecule has 104 valence electrons. The fraction of sp³-hybridized carbons (Fsp3) is 0.235. The lowest BCUT2D eigenvalue weighted by Crippen LogP contribution is -2.16. The number of hydrogen-bond donors (Lipinski definition) is 2. The summed E-state index contributed by atoms with van der Waals surface area (Å²) < 4.78 is 0. The largest absolute Gasteiger partial charge is 0.326 e. The molecule has 0 saturated carbocycles. The maximum absolute atomic E-state index is 12.1. The van der Waals surface area contributed by atoms with Crippen molar-refractivity contribution in [3.8, 4) is 0 Å². The van der Waals surface area contributed by atoms with Gasteiger partial charge in [0.2, 0.25) is 5.91 Å². The van der Waals surface area contributed by atoms with Gasteiger partial charge < -0.3 is 11.1 Å². The summed E-state index contributed by atoms with van der Waals surface area (Å²) in [5.41, 5.74) is 9.77. The first-order valence-corrected chi connectivity index (χ1v) is 6.88. The molecule has 3 nitrogen and oxygen atoms in total. The van der Waals surface area contributed by atoms with Crippen LogP contribution in [0.5, 0.6) is 0 Å². The lowest BCUT2D eigenvalue weighted by molar-refractivity contribution is -0.115. The van der Waals surface area contributed by atoms with Crippen molar-refractivity contribution in [2.45, 2.75) is 26.3 Å². The van der Waals surface area contributed by atoms with Gasteiger partial charge in [-0.05, 0) is 35.2 Å². The summed E-state index contributed by atoms with van der Waals surface area (Å²) in [6.07, 6.45) is 1.35. The summed E-state index contributed by atoms with van der Waals surface area (Å²) in [4.78, 5) is 12.1. The van der Waals surface area contributed by atoms with Gasteiger partial charge in [0.25, 0.3) is 0 Å². The van der Waals surface area contributed by atoms with Crippen molar-refractivity contribution in [3.63, 3.8) is 0 Å². The third kappa shape index (κ3) is 3.68. The van der Waals surface area contributed by atoms with Crippen LogP contribution in [0.25, 0.3) is 0 Å². The van der Waals surface area contributed by atoms with E-state index in [0.29, 0.717) is 13.0 Å². The van der Waals surface area contributed by atoms with Crippen molar-refractivity contribution < 1.29 is 4.79 Å². The summed E-state index contributed by atoms with van der Waals surface area (Å²) in [6.45, 7) is 2.56. The van der Waals surface area contributed by atoms with E-state index in [2.05, 4.69) is 12.2 Å². The third-order valence-corrected chi connectivity index (χ3v) is 3.34. The summed E-state index contributed by atoms with van der Waals surface area (Å²) in [5, 5.41) is 2.91. The Kier molecular flexibility index (Phi) is 4.91. The van der Waals surface area contributed by atoms with Crippen molar-refractivity contribution in [2.24, 2.45) is 5.73 Å². The molecule has 3 heteroatoms. The molecule has 0 bridgehead atoms. The lowest BCUT2D eigenvalue weighted by Gasteiger charge is -2.09. The number of rotatable bonds is 5. The average Bonchev–Trinajstić information content (AvgIpc) is 2.48. The molecule has 0 atom stereocenters. The van der Waals surface area contributed by atoms with Crippen LogP contribution in [0.3, 0.4) is 0 Å². The Balaban J connectivity index is 2.01. The van der Waals surface area contributed by atoms with E-state index < -0.39 is 0 Å². The van der Waals surface area contributed by atoms with Gasteiger partial charge in [-0.15, -0.1) is 0 Å². The Hall–Kier alpha value is -2.13. The summed E-state index contributed by atoms with van der Waals surface area (Å²) in [6, 6.07) is 15.7. The molecule has 0 aliphatic carbocycles. The number of hydrogen-bond acceptors (Lipinski definition) is 2. The topological polar surface area (TPSA) is 55.1 Å².